The summed E-state index contributed by atoms with van der Waals surface area (Å²) in [6.45, 7) is 0. The minimum Gasteiger partial charge on any atom is -0.382 e. The predicted octanol–water partition coefficient (Wildman–Crippen LogP) is 3.38. The lowest BCUT2D eigenvalue weighted by Gasteiger charge is -2.07. The van der Waals surface area contributed by atoms with E-state index in [9.17, 15) is 18.0 Å². The minimum absolute atomic E-state index is 0.00857. The number of hydrogen-bond acceptors (Lipinski definition) is 6. The Labute approximate surface area is 149 Å². The van der Waals surface area contributed by atoms with E-state index >= 15 is 0 Å². The number of nitrogens with zero attached hydrogens (tertiary/aromatic N) is 3. The number of alkyl halides is 3. The van der Waals surface area contributed by atoms with E-state index in [4.69, 9.17) is 5.73 Å². The number of nitrogens with one attached hydrogen (secondary N) is 1. The summed E-state index contributed by atoms with van der Waals surface area (Å²) in [4.78, 5) is 24.5. The van der Waals surface area contributed by atoms with E-state index in [0.717, 1.165) is 23.5 Å². The van der Waals surface area contributed by atoms with Gasteiger partial charge in [-0.1, -0.05) is 18.2 Å². The van der Waals surface area contributed by atoms with Gasteiger partial charge < -0.3 is 5.73 Å². The van der Waals surface area contributed by atoms with E-state index < -0.39 is 17.6 Å². The largest absolute Gasteiger partial charge is 0.416 e. The van der Waals surface area contributed by atoms with E-state index in [1.807, 2.05) is 0 Å². The number of amides is 1. The van der Waals surface area contributed by atoms with Crippen molar-refractivity contribution in [2.75, 3.05) is 11.1 Å². The molecule has 10 heteroatoms. The molecule has 1 amide bonds. The first kappa shape index (κ1) is 17.8. The van der Waals surface area contributed by atoms with E-state index in [-0.39, 0.29) is 17.9 Å². The first-order chi connectivity index (χ1) is 12.3. The standard InChI is InChI=1S/C16H12F3N5OS/c17-16(18,19)10-3-1-2-9(6-10)7-11-8-23-15(26-11)24-14(25)12-13(20)22-5-4-21-12/h1-6,8H,7H2,(H2,20,22)(H,23,24,25). The Kier molecular flexibility index (Phi) is 4.85. The third-order valence-corrected chi connectivity index (χ3v) is 4.26. The van der Waals surface area contributed by atoms with Crippen molar-refractivity contribution in [2.24, 2.45) is 0 Å². The summed E-state index contributed by atoms with van der Waals surface area (Å²) in [5.41, 5.74) is 5.36. The predicted molar refractivity (Wildman–Crippen MR) is 90.8 cm³/mol. The monoisotopic (exact) mass is 379 g/mol. The Morgan fingerprint density at radius 2 is 1.96 bits per heavy atom. The maximum Gasteiger partial charge on any atom is 0.416 e. The second-order valence-corrected chi connectivity index (χ2v) is 6.37. The van der Waals surface area contributed by atoms with Gasteiger partial charge in [-0.25, -0.2) is 15.0 Å². The Balaban J connectivity index is 1.71. The third-order valence-electron chi connectivity index (χ3n) is 3.35. The lowest BCUT2D eigenvalue weighted by molar-refractivity contribution is -0.137. The summed E-state index contributed by atoms with van der Waals surface area (Å²) in [6.07, 6.45) is 0.0830. The second kappa shape index (κ2) is 7.08. The van der Waals surface area contributed by atoms with Crippen LogP contribution in [0.3, 0.4) is 0 Å². The van der Waals surface area contributed by atoms with Crippen molar-refractivity contribution in [2.45, 2.75) is 12.6 Å². The fraction of sp³-hybridized carbons (Fsp3) is 0.125. The van der Waals surface area contributed by atoms with Crippen LogP contribution in [-0.4, -0.2) is 20.9 Å². The fourth-order valence-electron chi connectivity index (χ4n) is 2.19. The van der Waals surface area contributed by atoms with Crippen LogP contribution in [-0.2, 0) is 12.6 Å². The van der Waals surface area contributed by atoms with Crippen LogP contribution in [0.15, 0.2) is 42.9 Å². The normalized spacial score (nSPS) is 11.3. The second-order valence-electron chi connectivity index (χ2n) is 5.25. The number of aromatic nitrogens is 3. The van der Waals surface area contributed by atoms with Crippen LogP contribution in [0.5, 0.6) is 0 Å². The SMILES string of the molecule is Nc1nccnc1C(=O)Nc1ncc(Cc2cccc(C(F)(F)F)c2)s1. The Morgan fingerprint density at radius 3 is 2.69 bits per heavy atom. The zero-order valence-electron chi connectivity index (χ0n) is 13.1. The lowest BCUT2D eigenvalue weighted by atomic mass is 10.1. The molecule has 0 spiro atoms. The summed E-state index contributed by atoms with van der Waals surface area (Å²) >= 11 is 1.16. The van der Waals surface area contributed by atoms with Crippen molar-refractivity contribution < 1.29 is 18.0 Å². The average Bonchev–Trinajstić information content (AvgIpc) is 3.01. The number of thiazole rings is 1. The van der Waals surface area contributed by atoms with Crippen molar-refractivity contribution >= 4 is 28.2 Å². The average molecular weight is 379 g/mol. The summed E-state index contributed by atoms with van der Waals surface area (Å²) in [5, 5.41) is 2.84. The van der Waals surface area contributed by atoms with Crippen molar-refractivity contribution in [3.63, 3.8) is 0 Å². The molecule has 134 valence electrons. The first-order valence-electron chi connectivity index (χ1n) is 7.31. The zero-order valence-corrected chi connectivity index (χ0v) is 13.9. The number of carbonyl (C=O) groups is 1. The first-order valence-corrected chi connectivity index (χ1v) is 8.13. The summed E-state index contributed by atoms with van der Waals surface area (Å²) in [7, 11) is 0. The molecule has 0 saturated carbocycles. The molecule has 0 radical (unpaired) electrons. The van der Waals surface area contributed by atoms with Gasteiger partial charge in [0.15, 0.2) is 16.6 Å². The van der Waals surface area contributed by atoms with Crippen molar-refractivity contribution in [1.82, 2.24) is 15.0 Å². The Morgan fingerprint density at radius 1 is 1.19 bits per heavy atom. The number of nitrogen functional groups attached to an aromatic ring is 1. The van der Waals surface area contributed by atoms with Crippen LogP contribution in [0.2, 0.25) is 0 Å². The van der Waals surface area contributed by atoms with Gasteiger partial charge in [-0.2, -0.15) is 13.2 Å². The van der Waals surface area contributed by atoms with Crippen LogP contribution in [0, 0.1) is 0 Å². The van der Waals surface area contributed by atoms with Crippen LogP contribution in [0.1, 0.15) is 26.5 Å². The molecule has 3 aromatic rings. The molecule has 0 fully saturated rings. The quantitative estimate of drug-likeness (QED) is 0.725. The summed E-state index contributed by atoms with van der Waals surface area (Å²) in [6, 6.07) is 5.08. The Bertz CT molecular complexity index is 941. The van der Waals surface area contributed by atoms with Crippen LogP contribution in [0.25, 0.3) is 0 Å². The molecule has 0 bridgehead atoms. The minimum atomic E-state index is -4.39. The van der Waals surface area contributed by atoms with Crippen LogP contribution in [0.4, 0.5) is 24.1 Å². The molecule has 0 unspecified atom stereocenters. The number of carbonyl (C=O) groups excluding carboxylic acids is 1. The van der Waals surface area contributed by atoms with Crippen molar-refractivity contribution in [3.8, 4) is 0 Å². The number of halogens is 3. The lowest BCUT2D eigenvalue weighted by Crippen LogP contribution is -2.16. The van der Waals surface area contributed by atoms with Gasteiger partial charge >= 0.3 is 6.18 Å². The molecule has 2 aromatic heterocycles. The highest BCUT2D eigenvalue weighted by atomic mass is 32.1. The van der Waals surface area contributed by atoms with Gasteiger partial charge in [0.05, 0.1) is 5.56 Å². The summed E-state index contributed by atoms with van der Waals surface area (Å²) < 4.78 is 38.3. The molecule has 0 atom stereocenters. The van der Waals surface area contributed by atoms with Gasteiger partial charge in [-0.15, -0.1) is 11.3 Å². The Hall–Kier alpha value is -3.01. The summed E-state index contributed by atoms with van der Waals surface area (Å²) in [5.74, 6) is -0.568. The molecular weight excluding hydrogens is 367 g/mol. The zero-order chi connectivity index (χ0) is 18.7. The van der Waals surface area contributed by atoms with Crippen LogP contribution >= 0.6 is 11.3 Å². The molecular formula is C16H12F3N5OS. The smallest absolute Gasteiger partial charge is 0.382 e. The van der Waals surface area contributed by atoms with Gasteiger partial charge in [-0.05, 0) is 11.6 Å². The molecule has 26 heavy (non-hydrogen) atoms. The molecule has 2 heterocycles. The van der Waals surface area contributed by atoms with Gasteiger partial charge in [0, 0.05) is 29.9 Å². The number of benzene rings is 1. The molecule has 3 N–H and O–H groups in total. The van der Waals surface area contributed by atoms with Crippen molar-refractivity contribution in [1.29, 1.82) is 0 Å². The number of anilines is 2. The molecule has 6 nitrogen and oxygen atoms in total. The number of hydrogen-bond donors (Lipinski definition) is 2. The molecule has 3 rings (SSSR count). The highest BCUT2D eigenvalue weighted by Crippen LogP contribution is 2.30. The maximum atomic E-state index is 12.8. The number of rotatable bonds is 4. The molecule has 0 aliphatic heterocycles. The van der Waals surface area contributed by atoms with Gasteiger partial charge in [-0.3, -0.25) is 10.1 Å². The van der Waals surface area contributed by atoms with Gasteiger partial charge in [0.1, 0.15) is 0 Å². The van der Waals surface area contributed by atoms with Crippen LogP contribution < -0.4 is 11.1 Å². The van der Waals surface area contributed by atoms with E-state index in [1.165, 1.54) is 24.7 Å². The van der Waals surface area contributed by atoms with Gasteiger partial charge in [0.25, 0.3) is 5.91 Å². The van der Waals surface area contributed by atoms with E-state index in [0.29, 0.717) is 15.6 Å². The maximum absolute atomic E-state index is 12.8. The molecule has 1 aromatic carbocycles. The topological polar surface area (TPSA) is 93.8 Å². The van der Waals surface area contributed by atoms with E-state index in [1.54, 1.807) is 6.07 Å². The third kappa shape index (κ3) is 4.14. The highest BCUT2D eigenvalue weighted by Gasteiger charge is 2.30. The van der Waals surface area contributed by atoms with Gasteiger partial charge in [0.2, 0.25) is 0 Å². The van der Waals surface area contributed by atoms with E-state index in [2.05, 4.69) is 20.3 Å². The van der Waals surface area contributed by atoms with Crippen molar-refractivity contribution in [3.05, 3.63) is 64.6 Å². The highest BCUT2D eigenvalue weighted by molar-refractivity contribution is 7.15. The fourth-order valence-corrected chi connectivity index (χ4v) is 3.03. The molecule has 0 aliphatic rings. The molecule has 0 saturated heterocycles. The number of nitrogens with two attached hydrogens (primary N) is 1. The molecule has 0 aliphatic carbocycles.